The molecule has 2 amide bonds. The zero-order valence-corrected chi connectivity index (χ0v) is 23.7. The number of benzene rings is 3. The van der Waals surface area contributed by atoms with Crippen LogP contribution in [0.1, 0.15) is 66.1 Å². The fourth-order valence-electron chi connectivity index (χ4n) is 5.40. The third-order valence-corrected chi connectivity index (χ3v) is 8.33. The summed E-state index contributed by atoms with van der Waals surface area (Å²) in [7, 11) is 0. The monoisotopic (exact) mass is 551 g/mol. The summed E-state index contributed by atoms with van der Waals surface area (Å²) in [6, 6.07) is 21.9. The van der Waals surface area contributed by atoms with E-state index >= 15 is 0 Å². The van der Waals surface area contributed by atoms with E-state index in [0.29, 0.717) is 22.2 Å². The Morgan fingerprint density at radius 2 is 1.68 bits per heavy atom. The van der Waals surface area contributed by atoms with Crippen molar-refractivity contribution in [2.24, 2.45) is 0 Å². The highest BCUT2D eigenvalue weighted by atomic mass is 35.5. The van der Waals surface area contributed by atoms with E-state index in [1.807, 2.05) is 49.4 Å². The molecule has 5 nitrogen and oxygen atoms in total. The zero-order chi connectivity index (χ0) is 27.3. The average Bonchev–Trinajstić information content (AvgIpc) is 2.91. The summed E-state index contributed by atoms with van der Waals surface area (Å²) < 4.78 is 0. The Kier molecular flexibility index (Phi) is 9.01. The van der Waals surface area contributed by atoms with Gasteiger partial charge in [0.05, 0.1) is 15.6 Å². The summed E-state index contributed by atoms with van der Waals surface area (Å²) in [6.45, 7) is 7.79. The first-order chi connectivity index (χ1) is 18.2. The highest BCUT2D eigenvalue weighted by Crippen LogP contribution is 2.35. The van der Waals surface area contributed by atoms with Crippen LogP contribution in [0.4, 0.5) is 5.69 Å². The van der Waals surface area contributed by atoms with E-state index in [0.717, 1.165) is 54.7 Å². The summed E-state index contributed by atoms with van der Waals surface area (Å²) in [5.41, 5.74) is 4.54. The number of rotatable bonds is 8. The van der Waals surface area contributed by atoms with E-state index in [4.69, 9.17) is 23.2 Å². The number of hydrogen-bond acceptors (Lipinski definition) is 3. The molecule has 0 spiro atoms. The van der Waals surface area contributed by atoms with Crippen LogP contribution >= 0.6 is 23.2 Å². The number of amides is 2. The number of carbonyl (C=O) groups excluding carboxylic acids is 2. The standard InChI is InChI=1S/C31H35Cl2N3O2/c1-4-23(24-10-13-28(32)29(33)19-24)20-34-30(38)27-12-11-26(18-21(27)2)36-16-14-31(15-17-36,35-22(3)37)25-8-6-5-7-9-25/h5-13,18-19,23H,4,14-17,20H2,1-3H3,(H,34,38)(H,35,37). The molecule has 4 rings (SSSR count). The van der Waals surface area contributed by atoms with Crippen molar-refractivity contribution in [1.82, 2.24) is 10.6 Å². The Balaban J connectivity index is 1.41. The molecule has 1 heterocycles. The minimum atomic E-state index is -0.359. The SMILES string of the molecule is CCC(CNC(=O)c1ccc(N2CCC(NC(C)=O)(c3ccccc3)CC2)cc1C)c1ccc(Cl)c(Cl)c1. The predicted octanol–water partition coefficient (Wildman–Crippen LogP) is 6.86. The second-order valence-electron chi connectivity index (χ2n) is 10.1. The molecule has 38 heavy (non-hydrogen) atoms. The van der Waals surface area contributed by atoms with Crippen LogP contribution in [0.25, 0.3) is 0 Å². The van der Waals surface area contributed by atoms with Gasteiger partial charge in [0, 0.05) is 43.7 Å². The fourth-order valence-corrected chi connectivity index (χ4v) is 5.71. The molecule has 0 bridgehead atoms. The highest BCUT2D eigenvalue weighted by molar-refractivity contribution is 6.42. The molecule has 1 aliphatic heterocycles. The normalized spacial score (nSPS) is 15.6. The molecule has 7 heteroatoms. The third-order valence-electron chi connectivity index (χ3n) is 7.60. The van der Waals surface area contributed by atoms with Crippen molar-refractivity contribution in [3.8, 4) is 0 Å². The van der Waals surface area contributed by atoms with Crippen LogP contribution in [0, 0.1) is 6.92 Å². The molecule has 0 aliphatic carbocycles. The summed E-state index contributed by atoms with van der Waals surface area (Å²) in [6.07, 6.45) is 2.49. The van der Waals surface area contributed by atoms with Gasteiger partial charge in [0.2, 0.25) is 5.91 Å². The summed E-state index contributed by atoms with van der Waals surface area (Å²) in [5.74, 6) is 0.0491. The first-order valence-corrected chi connectivity index (χ1v) is 13.9. The van der Waals surface area contributed by atoms with Gasteiger partial charge >= 0.3 is 0 Å². The lowest BCUT2D eigenvalue weighted by Crippen LogP contribution is -2.52. The number of nitrogens with zero attached hydrogens (tertiary/aromatic N) is 1. The van der Waals surface area contributed by atoms with E-state index in [1.165, 1.54) is 0 Å². The maximum Gasteiger partial charge on any atom is 0.251 e. The van der Waals surface area contributed by atoms with Crippen LogP contribution in [-0.2, 0) is 10.3 Å². The minimum absolute atomic E-state index is 0.0158. The maximum absolute atomic E-state index is 13.1. The van der Waals surface area contributed by atoms with Crippen molar-refractivity contribution in [3.63, 3.8) is 0 Å². The molecule has 1 atom stereocenters. The number of aryl methyl sites for hydroxylation is 1. The molecule has 0 saturated carbocycles. The molecule has 1 fully saturated rings. The van der Waals surface area contributed by atoms with E-state index in [1.54, 1.807) is 13.0 Å². The van der Waals surface area contributed by atoms with Crippen molar-refractivity contribution in [2.45, 2.75) is 51.5 Å². The smallest absolute Gasteiger partial charge is 0.251 e. The number of halogens is 2. The summed E-state index contributed by atoms with van der Waals surface area (Å²) >= 11 is 12.3. The molecule has 1 unspecified atom stereocenters. The summed E-state index contributed by atoms with van der Waals surface area (Å²) in [4.78, 5) is 27.4. The van der Waals surface area contributed by atoms with Crippen LogP contribution < -0.4 is 15.5 Å². The van der Waals surface area contributed by atoms with Crippen molar-refractivity contribution in [2.75, 3.05) is 24.5 Å². The van der Waals surface area contributed by atoms with Gasteiger partial charge in [-0.05, 0) is 73.2 Å². The predicted molar refractivity (Wildman–Crippen MR) is 156 cm³/mol. The second kappa shape index (κ2) is 12.2. The fraction of sp³-hybridized carbons (Fsp3) is 0.355. The molecule has 1 aliphatic rings. The van der Waals surface area contributed by atoms with Crippen molar-refractivity contribution >= 4 is 40.7 Å². The highest BCUT2D eigenvalue weighted by Gasteiger charge is 2.37. The minimum Gasteiger partial charge on any atom is -0.371 e. The average molecular weight is 553 g/mol. The van der Waals surface area contributed by atoms with Gasteiger partial charge in [-0.2, -0.15) is 0 Å². The molecule has 0 radical (unpaired) electrons. The topological polar surface area (TPSA) is 61.4 Å². The van der Waals surface area contributed by atoms with Gasteiger partial charge < -0.3 is 15.5 Å². The van der Waals surface area contributed by atoms with E-state index in [-0.39, 0.29) is 23.3 Å². The Morgan fingerprint density at radius 1 is 0.974 bits per heavy atom. The Hall–Kier alpha value is -3.02. The molecule has 1 saturated heterocycles. The van der Waals surface area contributed by atoms with E-state index < -0.39 is 0 Å². The zero-order valence-electron chi connectivity index (χ0n) is 22.2. The van der Waals surface area contributed by atoms with Crippen LogP contribution in [0.15, 0.2) is 66.7 Å². The largest absolute Gasteiger partial charge is 0.371 e. The molecule has 2 N–H and O–H groups in total. The van der Waals surface area contributed by atoms with Crippen molar-refractivity contribution < 1.29 is 9.59 Å². The van der Waals surface area contributed by atoms with Gasteiger partial charge in [-0.15, -0.1) is 0 Å². The lowest BCUT2D eigenvalue weighted by Gasteiger charge is -2.43. The van der Waals surface area contributed by atoms with Gasteiger partial charge in [0.15, 0.2) is 0 Å². The molecule has 3 aromatic rings. The van der Waals surface area contributed by atoms with Gasteiger partial charge in [0.1, 0.15) is 0 Å². The van der Waals surface area contributed by atoms with Gasteiger partial charge in [0.25, 0.3) is 5.91 Å². The van der Waals surface area contributed by atoms with Gasteiger partial charge in [-0.25, -0.2) is 0 Å². The lowest BCUT2D eigenvalue weighted by molar-refractivity contribution is -0.121. The lowest BCUT2D eigenvalue weighted by atomic mass is 9.80. The Morgan fingerprint density at radius 3 is 2.29 bits per heavy atom. The third kappa shape index (κ3) is 6.33. The first-order valence-electron chi connectivity index (χ1n) is 13.2. The second-order valence-corrected chi connectivity index (χ2v) is 10.9. The maximum atomic E-state index is 13.1. The van der Waals surface area contributed by atoms with E-state index in [2.05, 4.69) is 40.7 Å². The van der Waals surface area contributed by atoms with Crippen molar-refractivity contribution in [3.05, 3.63) is 99.0 Å². The van der Waals surface area contributed by atoms with Crippen LogP contribution in [-0.4, -0.2) is 31.4 Å². The molecule has 3 aromatic carbocycles. The molecule has 200 valence electrons. The molecular formula is C31H35Cl2N3O2. The van der Waals surface area contributed by atoms with Crippen LogP contribution in [0.2, 0.25) is 10.0 Å². The first kappa shape index (κ1) is 28.0. The Bertz CT molecular complexity index is 1290. The number of carbonyl (C=O) groups is 2. The molecule has 0 aromatic heterocycles. The van der Waals surface area contributed by atoms with Gasteiger partial charge in [-0.1, -0.05) is 66.5 Å². The van der Waals surface area contributed by atoms with E-state index in [9.17, 15) is 9.59 Å². The van der Waals surface area contributed by atoms with Crippen LogP contribution in [0.5, 0.6) is 0 Å². The molecular weight excluding hydrogens is 517 g/mol. The number of anilines is 1. The number of piperidine rings is 1. The number of hydrogen-bond donors (Lipinski definition) is 2. The Labute approximate surface area is 235 Å². The van der Waals surface area contributed by atoms with Gasteiger partial charge in [-0.3, -0.25) is 9.59 Å². The summed E-state index contributed by atoms with van der Waals surface area (Å²) in [5, 5.41) is 7.38. The van der Waals surface area contributed by atoms with Crippen molar-refractivity contribution in [1.29, 1.82) is 0 Å². The van der Waals surface area contributed by atoms with Crippen LogP contribution in [0.3, 0.4) is 0 Å². The number of nitrogens with one attached hydrogen (secondary N) is 2. The quantitative estimate of drug-likeness (QED) is 0.321.